The molecule has 0 fully saturated rings. The van der Waals surface area contributed by atoms with Gasteiger partial charge in [-0.1, -0.05) is 18.2 Å². The standard InChI is InChI=1S/C16H14N6O/c1-7-3-4-9(5-8(7)2)11-10(6-17)13(18)20-14-12(11)15(23)22-16(19)21-14/h3-5H,1-2H3,(H5,18,19,20,21,22,23). The summed E-state index contributed by atoms with van der Waals surface area (Å²) in [7, 11) is 0. The van der Waals surface area contributed by atoms with Gasteiger partial charge < -0.3 is 11.5 Å². The van der Waals surface area contributed by atoms with Crippen molar-refractivity contribution >= 4 is 22.8 Å². The van der Waals surface area contributed by atoms with Crippen LogP contribution in [0.5, 0.6) is 0 Å². The molecule has 3 rings (SSSR count). The summed E-state index contributed by atoms with van der Waals surface area (Å²) in [5, 5.41) is 9.66. The molecule has 3 aromatic rings. The van der Waals surface area contributed by atoms with Gasteiger partial charge in [0.05, 0.1) is 5.39 Å². The summed E-state index contributed by atoms with van der Waals surface area (Å²) in [5.41, 5.74) is 14.5. The van der Waals surface area contributed by atoms with Gasteiger partial charge >= 0.3 is 0 Å². The first-order chi connectivity index (χ1) is 10.9. The highest BCUT2D eigenvalue weighted by Crippen LogP contribution is 2.32. The third kappa shape index (κ3) is 2.26. The molecule has 0 radical (unpaired) electrons. The Morgan fingerprint density at radius 3 is 2.57 bits per heavy atom. The molecule has 1 aromatic carbocycles. The molecule has 0 bridgehead atoms. The topological polar surface area (TPSA) is 134 Å². The molecule has 0 spiro atoms. The second-order valence-electron chi connectivity index (χ2n) is 5.31. The number of aromatic amines is 1. The lowest BCUT2D eigenvalue weighted by atomic mass is 9.95. The molecule has 23 heavy (non-hydrogen) atoms. The summed E-state index contributed by atoms with van der Waals surface area (Å²) in [6.07, 6.45) is 0. The molecule has 0 aliphatic rings. The number of rotatable bonds is 1. The van der Waals surface area contributed by atoms with Crippen molar-refractivity contribution in [3.05, 3.63) is 45.2 Å². The van der Waals surface area contributed by atoms with Crippen molar-refractivity contribution < 1.29 is 0 Å². The normalized spacial score (nSPS) is 10.7. The van der Waals surface area contributed by atoms with Crippen LogP contribution in [0.2, 0.25) is 0 Å². The van der Waals surface area contributed by atoms with Crippen LogP contribution in [-0.4, -0.2) is 15.0 Å². The fourth-order valence-corrected chi connectivity index (χ4v) is 2.51. The highest BCUT2D eigenvalue weighted by Gasteiger charge is 2.19. The van der Waals surface area contributed by atoms with Crippen LogP contribution in [0.4, 0.5) is 11.8 Å². The number of nitrogens with zero attached hydrogens (tertiary/aromatic N) is 3. The lowest BCUT2D eigenvalue weighted by molar-refractivity contribution is 1.16. The summed E-state index contributed by atoms with van der Waals surface area (Å²) in [6.45, 7) is 3.94. The molecule has 0 saturated carbocycles. The zero-order chi connectivity index (χ0) is 16.7. The van der Waals surface area contributed by atoms with Crippen LogP contribution in [0.1, 0.15) is 16.7 Å². The van der Waals surface area contributed by atoms with Crippen molar-refractivity contribution in [2.75, 3.05) is 11.5 Å². The van der Waals surface area contributed by atoms with Gasteiger partial charge in [-0.15, -0.1) is 0 Å². The van der Waals surface area contributed by atoms with E-state index in [-0.39, 0.29) is 28.4 Å². The first kappa shape index (κ1) is 14.5. The van der Waals surface area contributed by atoms with Gasteiger partial charge in [-0.25, -0.2) is 4.98 Å². The summed E-state index contributed by atoms with van der Waals surface area (Å²) in [6, 6.07) is 7.70. The molecular weight excluding hydrogens is 292 g/mol. The van der Waals surface area contributed by atoms with Gasteiger partial charge in [0, 0.05) is 5.56 Å². The van der Waals surface area contributed by atoms with Gasteiger partial charge in [0.25, 0.3) is 5.56 Å². The van der Waals surface area contributed by atoms with Crippen LogP contribution < -0.4 is 17.0 Å². The Balaban J connectivity index is 2.54. The molecule has 0 aliphatic heterocycles. The van der Waals surface area contributed by atoms with Crippen LogP contribution in [0, 0.1) is 25.2 Å². The molecule has 114 valence electrons. The van der Waals surface area contributed by atoms with Gasteiger partial charge in [-0.3, -0.25) is 9.78 Å². The molecular formula is C16H14N6O. The van der Waals surface area contributed by atoms with E-state index in [0.717, 1.165) is 11.1 Å². The summed E-state index contributed by atoms with van der Waals surface area (Å²) < 4.78 is 0. The predicted octanol–water partition coefficient (Wildman–Crippen LogP) is 1.64. The van der Waals surface area contributed by atoms with Crippen LogP contribution in [-0.2, 0) is 0 Å². The molecule has 0 amide bonds. The second-order valence-corrected chi connectivity index (χ2v) is 5.31. The maximum Gasteiger partial charge on any atom is 0.262 e. The van der Waals surface area contributed by atoms with E-state index in [9.17, 15) is 10.1 Å². The van der Waals surface area contributed by atoms with E-state index in [1.54, 1.807) is 0 Å². The maximum absolute atomic E-state index is 12.4. The van der Waals surface area contributed by atoms with Gasteiger partial charge in [0.1, 0.15) is 17.5 Å². The van der Waals surface area contributed by atoms with Crippen LogP contribution in [0.25, 0.3) is 22.2 Å². The molecule has 0 atom stereocenters. The number of pyridine rings is 1. The zero-order valence-corrected chi connectivity index (χ0v) is 12.6. The highest BCUT2D eigenvalue weighted by atomic mass is 16.1. The first-order valence-corrected chi connectivity index (χ1v) is 6.89. The van der Waals surface area contributed by atoms with Crippen molar-refractivity contribution in [1.82, 2.24) is 15.0 Å². The van der Waals surface area contributed by atoms with Gasteiger partial charge in [-0.05, 0) is 30.5 Å². The van der Waals surface area contributed by atoms with Crippen molar-refractivity contribution in [3.63, 3.8) is 0 Å². The number of hydrogen-bond acceptors (Lipinski definition) is 6. The molecule has 0 saturated heterocycles. The van der Waals surface area contributed by atoms with Crippen molar-refractivity contribution in [1.29, 1.82) is 5.26 Å². The van der Waals surface area contributed by atoms with Gasteiger partial charge in [0.2, 0.25) is 5.95 Å². The molecule has 2 heterocycles. The van der Waals surface area contributed by atoms with E-state index in [4.69, 9.17) is 11.5 Å². The van der Waals surface area contributed by atoms with E-state index in [1.807, 2.05) is 38.1 Å². The summed E-state index contributed by atoms with van der Waals surface area (Å²) in [4.78, 5) is 22.9. The van der Waals surface area contributed by atoms with Crippen molar-refractivity contribution in [3.8, 4) is 17.2 Å². The number of fused-ring (bicyclic) bond motifs is 1. The van der Waals surface area contributed by atoms with Crippen molar-refractivity contribution in [2.45, 2.75) is 13.8 Å². The minimum Gasteiger partial charge on any atom is -0.383 e. The Hall–Kier alpha value is -3.40. The lowest BCUT2D eigenvalue weighted by Crippen LogP contribution is -2.15. The van der Waals surface area contributed by atoms with Gasteiger partial charge in [0.15, 0.2) is 5.65 Å². The Bertz CT molecular complexity index is 1050. The number of nitrogen functional groups attached to an aromatic ring is 2. The van der Waals surface area contributed by atoms with E-state index in [1.165, 1.54) is 0 Å². The SMILES string of the molecule is Cc1ccc(-c2c(C#N)c(N)nc3nc(N)[nH]c(=O)c23)cc1C. The summed E-state index contributed by atoms with van der Waals surface area (Å²) >= 11 is 0. The number of benzene rings is 1. The Morgan fingerprint density at radius 1 is 1.17 bits per heavy atom. The number of anilines is 2. The number of aryl methyl sites for hydroxylation is 2. The molecule has 2 aromatic heterocycles. The summed E-state index contributed by atoms with van der Waals surface area (Å²) in [5.74, 6) is -0.0316. The maximum atomic E-state index is 12.4. The van der Waals surface area contributed by atoms with Gasteiger partial charge in [-0.2, -0.15) is 10.2 Å². The number of aromatic nitrogens is 3. The highest BCUT2D eigenvalue weighted by molar-refractivity contribution is 5.98. The molecule has 0 unspecified atom stereocenters. The number of nitrogens with one attached hydrogen (secondary N) is 1. The molecule has 5 N–H and O–H groups in total. The Kier molecular flexibility index (Phi) is 3.22. The van der Waals surface area contributed by atoms with Crippen molar-refractivity contribution in [2.24, 2.45) is 0 Å². The van der Waals surface area contributed by atoms with Crippen LogP contribution >= 0.6 is 0 Å². The molecule has 7 heteroatoms. The Morgan fingerprint density at radius 2 is 1.91 bits per heavy atom. The van der Waals surface area contributed by atoms with E-state index >= 15 is 0 Å². The van der Waals surface area contributed by atoms with E-state index in [0.29, 0.717) is 11.1 Å². The van der Waals surface area contributed by atoms with Crippen LogP contribution in [0.3, 0.4) is 0 Å². The fourth-order valence-electron chi connectivity index (χ4n) is 2.51. The van der Waals surface area contributed by atoms with Crippen LogP contribution in [0.15, 0.2) is 23.0 Å². The minimum atomic E-state index is -0.454. The zero-order valence-electron chi connectivity index (χ0n) is 12.6. The van der Waals surface area contributed by atoms with E-state index < -0.39 is 5.56 Å². The monoisotopic (exact) mass is 306 g/mol. The minimum absolute atomic E-state index is 0.0192. The smallest absolute Gasteiger partial charge is 0.262 e. The lowest BCUT2D eigenvalue weighted by Gasteiger charge is -2.11. The average Bonchev–Trinajstić information content (AvgIpc) is 2.48. The fraction of sp³-hybridized carbons (Fsp3) is 0.125. The second kappa shape index (κ2) is 5.10. The third-order valence-electron chi connectivity index (χ3n) is 3.81. The van der Waals surface area contributed by atoms with E-state index in [2.05, 4.69) is 15.0 Å². The average molecular weight is 306 g/mol. The molecule has 0 aliphatic carbocycles. The number of hydrogen-bond donors (Lipinski definition) is 3. The quantitative estimate of drug-likeness (QED) is 0.625. The first-order valence-electron chi connectivity index (χ1n) is 6.89. The number of nitriles is 1. The largest absolute Gasteiger partial charge is 0.383 e. The molecule has 7 nitrogen and oxygen atoms in total. The predicted molar refractivity (Wildman–Crippen MR) is 88.6 cm³/mol. The number of nitrogens with two attached hydrogens (primary N) is 2. The Labute approximate surface area is 131 Å². The number of H-pyrrole nitrogens is 1. The third-order valence-corrected chi connectivity index (χ3v) is 3.81.